The molecular weight excluding hydrogens is 292 g/mol. The number of ketones is 2. The average Bonchev–Trinajstić information content (AvgIpc) is 2.73. The highest BCUT2D eigenvalue weighted by atomic mass is 16.3. The van der Waals surface area contributed by atoms with Crippen molar-refractivity contribution in [1.82, 2.24) is 0 Å². The second kappa shape index (κ2) is 4.76. The number of fused-ring (bicyclic) bond motifs is 5. The smallest absolute Gasteiger partial charge is 0.167 e. The predicted molar refractivity (Wildman–Crippen MR) is 84.5 cm³/mol. The minimum absolute atomic E-state index is 0.0299. The lowest BCUT2D eigenvalue weighted by molar-refractivity contribution is -0.141. The zero-order valence-corrected chi connectivity index (χ0v) is 13.9. The van der Waals surface area contributed by atoms with Crippen LogP contribution in [0.2, 0.25) is 0 Å². The molecule has 3 saturated carbocycles. The summed E-state index contributed by atoms with van der Waals surface area (Å²) < 4.78 is 0. The Kier molecular flexibility index (Phi) is 3.21. The Balaban J connectivity index is 1.76. The van der Waals surface area contributed by atoms with Crippen LogP contribution in [0.5, 0.6) is 0 Å². The van der Waals surface area contributed by atoms with Crippen molar-refractivity contribution in [3.05, 3.63) is 11.6 Å². The quantitative estimate of drug-likeness (QED) is 0.717. The van der Waals surface area contributed by atoms with E-state index in [1.54, 1.807) is 6.08 Å². The van der Waals surface area contributed by atoms with E-state index >= 15 is 0 Å². The molecule has 3 unspecified atom stereocenters. The number of hydrogen-bond acceptors (Lipinski definition) is 4. The highest BCUT2D eigenvalue weighted by molar-refractivity contribution is 5.97. The Bertz CT molecular complexity index is 608. The van der Waals surface area contributed by atoms with Crippen LogP contribution in [0.3, 0.4) is 0 Å². The molecule has 4 rings (SSSR count). The third-order valence-electron chi connectivity index (χ3n) is 7.65. The molecule has 7 atom stereocenters. The van der Waals surface area contributed by atoms with Crippen molar-refractivity contribution in [3.63, 3.8) is 0 Å². The van der Waals surface area contributed by atoms with Gasteiger partial charge in [0.1, 0.15) is 6.10 Å². The van der Waals surface area contributed by atoms with E-state index in [4.69, 9.17) is 0 Å². The van der Waals surface area contributed by atoms with Gasteiger partial charge < -0.3 is 10.2 Å². The summed E-state index contributed by atoms with van der Waals surface area (Å²) in [5.74, 6) is 0.136. The Morgan fingerprint density at radius 2 is 1.74 bits per heavy atom. The molecular formula is C19H26O4. The van der Waals surface area contributed by atoms with Gasteiger partial charge in [0.25, 0.3) is 0 Å². The van der Waals surface area contributed by atoms with Crippen molar-refractivity contribution in [3.8, 4) is 0 Å². The normalized spacial score (nSPS) is 52.5. The van der Waals surface area contributed by atoms with Crippen LogP contribution < -0.4 is 0 Å². The monoisotopic (exact) mass is 318 g/mol. The lowest BCUT2D eigenvalue weighted by atomic mass is 9.48. The largest absolute Gasteiger partial charge is 0.393 e. The first-order chi connectivity index (χ1) is 10.8. The summed E-state index contributed by atoms with van der Waals surface area (Å²) >= 11 is 0. The second-order valence-electron chi connectivity index (χ2n) is 8.70. The number of Topliss-reactive ketones (excluding diaryl/α,β-unsaturated/α-hetero) is 1. The predicted octanol–water partition coefficient (Wildman–Crippen LogP) is 2.03. The third-order valence-corrected chi connectivity index (χ3v) is 7.65. The lowest BCUT2D eigenvalue weighted by Gasteiger charge is -2.55. The molecule has 0 aromatic rings. The maximum atomic E-state index is 12.9. The Morgan fingerprint density at radius 3 is 2.48 bits per heavy atom. The first-order valence-corrected chi connectivity index (χ1v) is 8.93. The van der Waals surface area contributed by atoms with Crippen LogP contribution >= 0.6 is 0 Å². The first-order valence-electron chi connectivity index (χ1n) is 8.93. The summed E-state index contributed by atoms with van der Waals surface area (Å²) in [6.45, 7) is 4.19. The SMILES string of the molecule is C[C@]12CC[C@H](O)CC1=CC(=O)C1C2CC[C@]2(C)C(=O)[C@H](O)CC12. The van der Waals surface area contributed by atoms with Crippen LogP contribution in [0, 0.1) is 28.6 Å². The zero-order chi connectivity index (χ0) is 16.6. The van der Waals surface area contributed by atoms with Crippen LogP contribution in [-0.2, 0) is 9.59 Å². The highest BCUT2D eigenvalue weighted by Crippen LogP contribution is 2.63. The van der Waals surface area contributed by atoms with Gasteiger partial charge in [-0.3, -0.25) is 9.59 Å². The van der Waals surface area contributed by atoms with E-state index in [0.717, 1.165) is 31.3 Å². The van der Waals surface area contributed by atoms with Crippen molar-refractivity contribution < 1.29 is 19.8 Å². The number of allylic oxidation sites excluding steroid dienone is 1. The lowest BCUT2D eigenvalue weighted by Crippen LogP contribution is -2.53. The molecule has 4 nitrogen and oxygen atoms in total. The van der Waals surface area contributed by atoms with Gasteiger partial charge in [0, 0.05) is 11.3 Å². The van der Waals surface area contributed by atoms with E-state index in [-0.39, 0.29) is 40.8 Å². The van der Waals surface area contributed by atoms with Gasteiger partial charge in [-0.2, -0.15) is 0 Å². The molecule has 0 heterocycles. The fraction of sp³-hybridized carbons (Fsp3) is 0.789. The Labute approximate surface area is 137 Å². The molecule has 0 amide bonds. The van der Waals surface area contributed by atoms with Gasteiger partial charge in [0.2, 0.25) is 0 Å². The summed E-state index contributed by atoms with van der Waals surface area (Å²) in [4.78, 5) is 25.3. The van der Waals surface area contributed by atoms with Gasteiger partial charge in [0.05, 0.1) is 6.10 Å². The number of carbonyl (C=O) groups is 2. The number of hydrogen-bond donors (Lipinski definition) is 2. The minimum atomic E-state index is -0.900. The molecule has 2 N–H and O–H groups in total. The second-order valence-corrected chi connectivity index (χ2v) is 8.70. The van der Waals surface area contributed by atoms with Gasteiger partial charge >= 0.3 is 0 Å². The van der Waals surface area contributed by atoms with Gasteiger partial charge in [-0.1, -0.05) is 19.4 Å². The van der Waals surface area contributed by atoms with Crippen LogP contribution in [0.1, 0.15) is 52.4 Å². The molecule has 4 aliphatic rings. The van der Waals surface area contributed by atoms with Crippen LogP contribution in [0.25, 0.3) is 0 Å². The first kappa shape index (κ1) is 15.5. The maximum Gasteiger partial charge on any atom is 0.167 e. The average molecular weight is 318 g/mol. The van der Waals surface area contributed by atoms with E-state index in [2.05, 4.69) is 6.92 Å². The maximum absolute atomic E-state index is 12.9. The molecule has 4 heteroatoms. The summed E-state index contributed by atoms with van der Waals surface area (Å²) in [5.41, 5.74) is 0.540. The molecule has 126 valence electrons. The minimum Gasteiger partial charge on any atom is -0.393 e. The van der Waals surface area contributed by atoms with Crippen molar-refractivity contribution in [2.45, 2.75) is 64.6 Å². The molecule has 0 saturated heterocycles. The molecule has 0 radical (unpaired) electrons. The van der Waals surface area contributed by atoms with Gasteiger partial charge in [0.15, 0.2) is 11.6 Å². The van der Waals surface area contributed by atoms with Crippen molar-refractivity contribution in [1.29, 1.82) is 0 Å². The number of aliphatic hydroxyl groups is 2. The van der Waals surface area contributed by atoms with Crippen molar-refractivity contribution >= 4 is 11.6 Å². The highest BCUT2D eigenvalue weighted by Gasteiger charge is 2.62. The molecule has 0 aromatic carbocycles. The fourth-order valence-corrected chi connectivity index (χ4v) is 6.18. The molecule has 4 aliphatic carbocycles. The summed E-state index contributed by atoms with van der Waals surface area (Å²) in [6, 6.07) is 0. The van der Waals surface area contributed by atoms with Gasteiger partial charge in [-0.15, -0.1) is 0 Å². The standard InChI is InChI=1S/C19H26O4/c1-18-5-3-11(20)7-10(18)8-14(21)16-12(18)4-6-19(2)13(16)9-15(22)17(19)23/h8,11-13,15-16,20,22H,3-7,9H2,1-2H3/t11-,12?,13?,15+,16?,18-,19-/m0/s1. The number of rotatable bonds is 0. The van der Waals surface area contributed by atoms with Crippen LogP contribution in [-0.4, -0.2) is 34.0 Å². The van der Waals surface area contributed by atoms with E-state index in [9.17, 15) is 19.8 Å². The third kappa shape index (κ3) is 1.91. The molecule has 0 aliphatic heterocycles. The summed E-state index contributed by atoms with van der Waals surface area (Å²) in [5, 5.41) is 20.1. The molecule has 3 fully saturated rings. The molecule has 0 aromatic heterocycles. The topological polar surface area (TPSA) is 74.6 Å². The summed E-state index contributed by atoms with van der Waals surface area (Å²) in [7, 11) is 0. The van der Waals surface area contributed by atoms with Crippen LogP contribution in [0.4, 0.5) is 0 Å². The Hall–Kier alpha value is -1.00. The van der Waals surface area contributed by atoms with E-state index in [1.165, 1.54) is 0 Å². The van der Waals surface area contributed by atoms with Gasteiger partial charge in [-0.25, -0.2) is 0 Å². The number of carbonyl (C=O) groups excluding carboxylic acids is 2. The van der Waals surface area contributed by atoms with Gasteiger partial charge in [-0.05, 0) is 61.9 Å². The zero-order valence-electron chi connectivity index (χ0n) is 13.9. The Morgan fingerprint density at radius 1 is 1.04 bits per heavy atom. The molecule has 0 bridgehead atoms. The van der Waals surface area contributed by atoms with E-state index in [0.29, 0.717) is 12.8 Å². The van der Waals surface area contributed by atoms with Crippen molar-refractivity contribution in [2.24, 2.45) is 28.6 Å². The number of aliphatic hydroxyl groups excluding tert-OH is 2. The van der Waals surface area contributed by atoms with E-state index < -0.39 is 11.5 Å². The van der Waals surface area contributed by atoms with E-state index in [1.807, 2.05) is 6.92 Å². The molecule has 23 heavy (non-hydrogen) atoms. The fourth-order valence-electron chi connectivity index (χ4n) is 6.18. The van der Waals surface area contributed by atoms with Crippen LogP contribution in [0.15, 0.2) is 11.6 Å². The summed E-state index contributed by atoms with van der Waals surface area (Å²) in [6.07, 6.45) is 4.91. The molecule has 0 spiro atoms. The van der Waals surface area contributed by atoms with Crippen molar-refractivity contribution in [2.75, 3.05) is 0 Å².